The van der Waals surface area contributed by atoms with Crippen molar-refractivity contribution in [1.29, 1.82) is 0 Å². The van der Waals surface area contributed by atoms with Crippen LogP contribution in [-0.2, 0) is 20.7 Å². The number of aryl methyl sites for hydroxylation is 1. The summed E-state index contributed by atoms with van der Waals surface area (Å²) in [6.45, 7) is 2.07. The Balaban J connectivity index is 1.53. The first-order valence-corrected chi connectivity index (χ1v) is 13.4. The highest BCUT2D eigenvalue weighted by atomic mass is 32.2. The lowest BCUT2D eigenvalue weighted by molar-refractivity contribution is -0.140. The van der Waals surface area contributed by atoms with Crippen molar-refractivity contribution < 1.29 is 24.5 Å². The van der Waals surface area contributed by atoms with Gasteiger partial charge in [-0.25, -0.2) is 0 Å². The van der Waals surface area contributed by atoms with Crippen molar-refractivity contribution in [3.8, 4) is 11.1 Å². The van der Waals surface area contributed by atoms with Crippen LogP contribution in [0.15, 0.2) is 60.7 Å². The molecule has 0 aromatic heterocycles. The molecule has 0 heterocycles. The predicted octanol–water partition coefficient (Wildman–Crippen LogP) is 4.76. The molecule has 3 rings (SSSR count). The number of aliphatic hydroxyl groups excluding tert-OH is 2. The number of ether oxygens (including phenoxy) is 1. The van der Waals surface area contributed by atoms with Gasteiger partial charge in [0, 0.05) is 31.1 Å². The van der Waals surface area contributed by atoms with E-state index in [1.165, 1.54) is 12.7 Å². The summed E-state index contributed by atoms with van der Waals surface area (Å²) in [6, 6.07) is 16.5. The minimum Gasteiger partial charge on any atom is -0.469 e. The Hall–Kier alpha value is -2.41. The molecule has 0 bridgehead atoms. The Morgan fingerprint density at radius 2 is 1.91 bits per heavy atom. The van der Waals surface area contributed by atoms with Gasteiger partial charge in [0.1, 0.15) is 5.78 Å². The molecule has 6 heteroatoms. The van der Waals surface area contributed by atoms with E-state index in [2.05, 4.69) is 42.0 Å². The zero-order chi connectivity index (χ0) is 25.2. The smallest absolute Gasteiger partial charge is 0.305 e. The summed E-state index contributed by atoms with van der Waals surface area (Å²) in [5.74, 6) is 1.01. The molecule has 2 N–H and O–H groups in total. The third-order valence-corrected chi connectivity index (χ3v) is 7.58. The Bertz CT molecular complexity index is 1020. The van der Waals surface area contributed by atoms with Crippen molar-refractivity contribution in [2.24, 2.45) is 11.8 Å². The maximum absolute atomic E-state index is 12.4. The number of esters is 1. The van der Waals surface area contributed by atoms with E-state index in [1.54, 1.807) is 17.8 Å². The van der Waals surface area contributed by atoms with Gasteiger partial charge in [0.2, 0.25) is 0 Å². The third kappa shape index (κ3) is 8.34. The molecule has 1 aliphatic rings. The second-order valence-corrected chi connectivity index (χ2v) is 10.5. The highest BCUT2D eigenvalue weighted by molar-refractivity contribution is 7.99. The van der Waals surface area contributed by atoms with Crippen LogP contribution in [0.4, 0.5) is 0 Å². The largest absolute Gasteiger partial charge is 0.469 e. The average Bonchev–Trinajstić information content (AvgIpc) is 3.11. The first-order valence-electron chi connectivity index (χ1n) is 12.2. The first-order chi connectivity index (χ1) is 16.9. The molecule has 1 aliphatic carbocycles. The van der Waals surface area contributed by atoms with Gasteiger partial charge in [-0.1, -0.05) is 66.2 Å². The summed E-state index contributed by atoms with van der Waals surface area (Å²) < 4.78 is 4.64. The van der Waals surface area contributed by atoms with Gasteiger partial charge in [-0.3, -0.25) is 9.59 Å². The van der Waals surface area contributed by atoms with Gasteiger partial charge >= 0.3 is 5.97 Å². The number of hydrogen-bond donors (Lipinski definition) is 2. The van der Waals surface area contributed by atoms with E-state index in [9.17, 15) is 19.8 Å². The SMILES string of the molecule is COC(=O)CCCSCC[C@H]1C(=O)C[C@@H](O)[C@@H]1/C=C/[C@@H](O)Cc1cccc(-c2cccc(C)c2)c1. The van der Waals surface area contributed by atoms with Crippen LogP contribution >= 0.6 is 11.8 Å². The van der Waals surface area contributed by atoms with Crippen LogP contribution in [0, 0.1) is 18.8 Å². The maximum atomic E-state index is 12.4. The van der Waals surface area contributed by atoms with E-state index in [4.69, 9.17) is 0 Å². The molecule has 0 radical (unpaired) electrons. The minimum atomic E-state index is -0.704. The van der Waals surface area contributed by atoms with Gasteiger partial charge in [-0.05, 0) is 48.0 Å². The van der Waals surface area contributed by atoms with Crippen molar-refractivity contribution >= 4 is 23.5 Å². The number of Topliss-reactive ketones (excluding diaryl/α,β-unsaturated/α-hetero) is 1. The summed E-state index contributed by atoms with van der Waals surface area (Å²) in [6.07, 6.45) is 4.63. The fraction of sp³-hybridized carbons (Fsp3) is 0.448. The molecule has 1 saturated carbocycles. The van der Waals surface area contributed by atoms with E-state index in [-0.39, 0.29) is 30.0 Å². The summed E-state index contributed by atoms with van der Waals surface area (Å²) in [5.41, 5.74) is 4.50. The number of benzene rings is 2. The van der Waals surface area contributed by atoms with E-state index in [0.29, 0.717) is 19.3 Å². The van der Waals surface area contributed by atoms with E-state index >= 15 is 0 Å². The number of hydrogen-bond acceptors (Lipinski definition) is 6. The van der Waals surface area contributed by atoms with Crippen LogP contribution in [0.3, 0.4) is 0 Å². The minimum absolute atomic E-state index is 0.0858. The second-order valence-electron chi connectivity index (χ2n) is 9.23. The van der Waals surface area contributed by atoms with Crippen LogP contribution in [-0.4, -0.2) is 52.8 Å². The van der Waals surface area contributed by atoms with Gasteiger partial charge in [0.15, 0.2) is 0 Å². The highest BCUT2D eigenvalue weighted by Gasteiger charge is 2.39. The number of methoxy groups -OCH3 is 1. The van der Waals surface area contributed by atoms with Gasteiger partial charge in [-0.2, -0.15) is 11.8 Å². The molecule has 0 amide bonds. The van der Waals surface area contributed by atoms with Crippen molar-refractivity contribution in [3.05, 3.63) is 71.8 Å². The Morgan fingerprint density at radius 1 is 1.17 bits per heavy atom. The Labute approximate surface area is 212 Å². The summed E-state index contributed by atoms with van der Waals surface area (Å²) in [7, 11) is 1.39. The van der Waals surface area contributed by atoms with Crippen LogP contribution < -0.4 is 0 Å². The van der Waals surface area contributed by atoms with Crippen LogP contribution in [0.5, 0.6) is 0 Å². The molecule has 2 aromatic rings. The number of carbonyl (C=O) groups is 2. The average molecular weight is 497 g/mol. The predicted molar refractivity (Wildman–Crippen MR) is 141 cm³/mol. The first kappa shape index (κ1) is 27.2. The summed E-state index contributed by atoms with van der Waals surface area (Å²) in [4.78, 5) is 23.6. The maximum Gasteiger partial charge on any atom is 0.305 e. The molecular weight excluding hydrogens is 460 g/mol. The molecule has 0 saturated heterocycles. The molecule has 4 atom stereocenters. The van der Waals surface area contributed by atoms with E-state index < -0.39 is 12.2 Å². The van der Waals surface area contributed by atoms with Crippen molar-refractivity contribution in [1.82, 2.24) is 0 Å². The van der Waals surface area contributed by atoms with Gasteiger partial charge in [0.05, 0.1) is 19.3 Å². The quantitative estimate of drug-likeness (QED) is 0.250. The second kappa shape index (κ2) is 13.6. The number of ketones is 1. The van der Waals surface area contributed by atoms with Gasteiger partial charge in [-0.15, -0.1) is 0 Å². The Morgan fingerprint density at radius 3 is 2.66 bits per heavy atom. The molecule has 0 unspecified atom stereocenters. The number of carbonyl (C=O) groups excluding carboxylic acids is 2. The molecule has 188 valence electrons. The third-order valence-electron chi connectivity index (χ3n) is 6.48. The van der Waals surface area contributed by atoms with Crippen molar-refractivity contribution in [3.63, 3.8) is 0 Å². The number of rotatable bonds is 12. The topological polar surface area (TPSA) is 83.8 Å². The van der Waals surface area contributed by atoms with Crippen molar-refractivity contribution in [2.75, 3.05) is 18.6 Å². The summed E-state index contributed by atoms with van der Waals surface area (Å²) >= 11 is 1.71. The van der Waals surface area contributed by atoms with E-state index in [0.717, 1.165) is 34.6 Å². The van der Waals surface area contributed by atoms with Crippen LogP contribution in [0.1, 0.15) is 36.8 Å². The zero-order valence-corrected chi connectivity index (χ0v) is 21.4. The van der Waals surface area contributed by atoms with E-state index in [1.807, 2.05) is 24.3 Å². The monoisotopic (exact) mass is 496 g/mol. The lowest BCUT2D eigenvalue weighted by atomic mass is 9.91. The molecule has 0 spiro atoms. The molecule has 5 nitrogen and oxygen atoms in total. The fourth-order valence-corrected chi connectivity index (χ4v) is 5.57. The molecule has 35 heavy (non-hydrogen) atoms. The highest BCUT2D eigenvalue weighted by Crippen LogP contribution is 2.34. The molecule has 2 aromatic carbocycles. The zero-order valence-electron chi connectivity index (χ0n) is 20.6. The summed E-state index contributed by atoms with van der Waals surface area (Å²) in [5, 5.41) is 21.1. The number of thioether (sulfide) groups is 1. The normalized spacial score (nSPS) is 20.9. The lowest BCUT2D eigenvalue weighted by Gasteiger charge is -2.18. The standard InChI is InChI=1S/C29H36O5S/c1-20-6-3-8-22(16-20)23-9-4-7-21(17-23)18-24(30)11-12-25-26(28(32)19-27(25)31)13-15-35-14-5-10-29(33)34-2/h3-4,6-9,11-12,16-17,24-27,30-31H,5,10,13-15,18-19H2,1-2H3/b12-11+/t24-,25-,26-,27-/m1/s1. The van der Waals surface area contributed by atoms with Crippen LogP contribution in [0.2, 0.25) is 0 Å². The van der Waals surface area contributed by atoms with Gasteiger partial charge < -0.3 is 14.9 Å². The fourth-order valence-electron chi connectivity index (χ4n) is 4.59. The molecule has 1 fully saturated rings. The Kier molecular flexibility index (Phi) is 10.6. The van der Waals surface area contributed by atoms with Crippen molar-refractivity contribution in [2.45, 2.75) is 51.2 Å². The lowest BCUT2D eigenvalue weighted by Crippen LogP contribution is -2.20. The molecule has 0 aliphatic heterocycles. The van der Waals surface area contributed by atoms with Gasteiger partial charge in [0.25, 0.3) is 0 Å². The number of aliphatic hydroxyl groups is 2. The van der Waals surface area contributed by atoms with Crippen LogP contribution in [0.25, 0.3) is 11.1 Å². The molecular formula is C29H36O5S.